The first-order chi connectivity index (χ1) is 10.9. The largest absolute Gasteiger partial charge is 0.481 e. The number of hydrogen-bond acceptors (Lipinski definition) is 2. The molecule has 1 atom stereocenters. The lowest BCUT2D eigenvalue weighted by atomic mass is 10.0. The second-order valence-corrected chi connectivity index (χ2v) is 6.26. The van der Waals surface area contributed by atoms with E-state index in [2.05, 4.69) is 19.2 Å². The second kappa shape index (κ2) is 7.51. The van der Waals surface area contributed by atoms with Crippen molar-refractivity contribution in [1.29, 1.82) is 0 Å². The lowest BCUT2D eigenvalue weighted by Crippen LogP contribution is -2.30. The van der Waals surface area contributed by atoms with Crippen molar-refractivity contribution in [1.82, 2.24) is 0 Å². The van der Waals surface area contributed by atoms with Gasteiger partial charge < -0.3 is 10.1 Å². The molecule has 0 aliphatic rings. The molecule has 0 aliphatic heterocycles. The standard InChI is InChI=1S/C19H22ClNO2/c1-12(2)15-8-5-6-11-18(15)23-14(4)19(22)21-17-10-7-9-16(20)13(17)3/h5-12,14H,1-4H3,(H,21,22)/t14-/m0/s1. The van der Waals surface area contributed by atoms with E-state index in [0.29, 0.717) is 16.6 Å². The van der Waals surface area contributed by atoms with Crippen molar-refractivity contribution < 1.29 is 9.53 Å². The first kappa shape index (κ1) is 17.4. The molecule has 122 valence electrons. The third kappa shape index (κ3) is 4.26. The topological polar surface area (TPSA) is 38.3 Å². The Balaban J connectivity index is 2.10. The number of nitrogens with one attached hydrogen (secondary N) is 1. The van der Waals surface area contributed by atoms with Crippen molar-refractivity contribution in [2.24, 2.45) is 0 Å². The average molecular weight is 332 g/mol. The van der Waals surface area contributed by atoms with E-state index in [1.165, 1.54) is 0 Å². The highest BCUT2D eigenvalue weighted by atomic mass is 35.5. The monoisotopic (exact) mass is 331 g/mol. The molecule has 0 fully saturated rings. The van der Waals surface area contributed by atoms with Crippen molar-refractivity contribution in [3.63, 3.8) is 0 Å². The molecule has 2 rings (SSSR count). The summed E-state index contributed by atoms with van der Waals surface area (Å²) in [5, 5.41) is 3.50. The van der Waals surface area contributed by atoms with Crippen LogP contribution in [-0.2, 0) is 4.79 Å². The molecule has 0 heterocycles. The van der Waals surface area contributed by atoms with Crippen LogP contribution in [0.4, 0.5) is 5.69 Å². The van der Waals surface area contributed by atoms with Crippen LogP contribution in [0.3, 0.4) is 0 Å². The molecule has 3 nitrogen and oxygen atoms in total. The molecule has 1 N–H and O–H groups in total. The van der Waals surface area contributed by atoms with E-state index < -0.39 is 6.10 Å². The Kier molecular flexibility index (Phi) is 5.67. The molecule has 0 aromatic heterocycles. The number of halogens is 1. The summed E-state index contributed by atoms with van der Waals surface area (Å²) in [6, 6.07) is 13.2. The molecule has 0 aliphatic carbocycles. The molecule has 2 aromatic rings. The molecule has 0 bridgehead atoms. The highest BCUT2D eigenvalue weighted by Gasteiger charge is 2.18. The van der Waals surface area contributed by atoms with Gasteiger partial charge in [-0.2, -0.15) is 0 Å². The van der Waals surface area contributed by atoms with Crippen LogP contribution in [0, 0.1) is 6.92 Å². The van der Waals surface area contributed by atoms with Crippen molar-refractivity contribution >= 4 is 23.2 Å². The summed E-state index contributed by atoms with van der Waals surface area (Å²) < 4.78 is 5.87. The summed E-state index contributed by atoms with van der Waals surface area (Å²) in [5.74, 6) is 0.874. The van der Waals surface area contributed by atoms with Crippen LogP contribution in [0.2, 0.25) is 5.02 Å². The first-order valence-corrected chi connectivity index (χ1v) is 8.09. The molecule has 0 radical (unpaired) electrons. The molecule has 1 amide bonds. The quantitative estimate of drug-likeness (QED) is 0.820. The number of carbonyl (C=O) groups excluding carboxylic acids is 1. The minimum Gasteiger partial charge on any atom is -0.481 e. The number of carbonyl (C=O) groups is 1. The van der Waals surface area contributed by atoms with Gasteiger partial charge in [0.2, 0.25) is 0 Å². The lowest BCUT2D eigenvalue weighted by molar-refractivity contribution is -0.122. The summed E-state index contributed by atoms with van der Waals surface area (Å²) in [5.41, 5.74) is 2.64. The van der Waals surface area contributed by atoms with Gasteiger partial charge in [-0.25, -0.2) is 0 Å². The zero-order valence-corrected chi connectivity index (χ0v) is 14.6. The zero-order valence-electron chi connectivity index (χ0n) is 13.9. The Morgan fingerprint density at radius 3 is 2.48 bits per heavy atom. The minimum atomic E-state index is -0.603. The van der Waals surface area contributed by atoms with Crippen LogP contribution in [0.15, 0.2) is 42.5 Å². The molecule has 2 aromatic carbocycles. The van der Waals surface area contributed by atoms with Gasteiger partial charge >= 0.3 is 0 Å². The van der Waals surface area contributed by atoms with Gasteiger partial charge in [-0.15, -0.1) is 0 Å². The third-order valence-corrected chi connectivity index (χ3v) is 4.15. The molecular formula is C19H22ClNO2. The summed E-state index contributed by atoms with van der Waals surface area (Å²) >= 11 is 6.08. The van der Waals surface area contributed by atoms with E-state index in [0.717, 1.165) is 16.9 Å². The maximum Gasteiger partial charge on any atom is 0.265 e. The minimum absolute atomic E-state index is 0.200. The van der Waals surface area contributed by atoms with Crippen molar-refractivity contribution in [2.45, 2.75) is 39.7 Å². The molecule has 0 saturated carbocycles. The summed E-state index contributed by atoms with van der Waals surface area (Å²) in [6.45, 7) is 7.81. The third-order valence-electron chi connectivity index (χ3n) is 3.74. The van der Waals surface area contributed by atoms with Gasteiger partial charge in [0.25, 0.3) is 5.91 Å². The summed E-state index contributed by atoms with van der Waals surface area (Å²) in [7, 11) is 0. The predicted octanol–water partition coefficient (Wildman–Crippen LogP) is 5.18. The zero-order chi connectivity index (χ0) is 17.0. The van der Waals surface area contributed by atoms with Crippen LogP contribution in [0.5, 0.6) is 5.75 Å². The van der Waals surface area contributed by atoms with Crippen LogP contribution >= 0.6 is 11.6 Å². The van der Waals surface area contributed by atoms with Crippen LogP contribution in [-0.4, -0.2) is 12.0 Å². The first-order valence-electron chi connectivity index (χ1n) is 7.71. The van der Waals surface area contributed by atoms with E-state index in [1.807, 2.05) is 43.3 Å². The molecule has 23 heavy (non-hydrogen) atoms. The molecule has 0 saturated heterocycles. The Labute approximate surface area is 142 Å². The summed E-state index contributed by atoms with van der Waals surface area (Å²) in [6.07, 6.45) is -0.603. The van der Waals surface area contributed by atoms with E-state index in [1.54, 1.807) is 13.0 Å². The van der Waals surface area contributed by atoms with Crippen molar-refractivity contribution in [3.8, 4) is 5.75 Å². The van der Waals surface area contributed by atoms with Gasteiger partial charge in [0, 0.05) is 10.7 Å². The smallest absolute Gasteiger partial charge is 0.265 e. The van der Waals surface area contributed by atoms with Gasteiger partial charge in [-0.3, -0.25) is 4.79 Å². The predicted molar refractivity (Wildman–Crippen MR) is 95.4 cm³/mol. The number of hydrogen-bond donors (Lipinski definition) is 1. The normalized spacial score (nSPS) is 12.1. The van der Waals surface area contributed by atoms with E-state index in [-0.39, 0.29) is 5.91 Å². The van der Waals surface area contributed by atoms with E-state index >= 15 is 0 Å². The fraction of sp³-hybridized carbons (Fsp3) is 0.316. The maximum atomic E-state index is 12.4. The number of para-hydroxylation sites is 1. The highest BCUT2D eigenvalue weighted by Crippen LogP contribution is 2.27. The van der Waals surface area contributed by atoms with Crippen LogP contribution < -0.4 is 10.1 Å². The second-order valence-electron chi connectivity index (χ2n) is 5.85. The van der Waals surface area contributed by atoms with Gasteiger partial charge in [0.15, 0.2) is 6.10 Å². The number of amides is 1. The lowest BCUT2D eigenvalue weighted by Gasteiger charge is -2.19. The van der Waals surface area contributed by atoms with Crippen molar-refractivity contribution in [2.75, 3.05) is 5.32 Å². The van der Waals surface area contributed by atoms with Gasteiger partial charge in [-0.05, 0) is 49.1 Å². The van der Waals surface area contributed by atoms with Crippen LogP contribution in [0.1, 0.15) is 37.8 Å². The molecule has 0 spiro atoms. The van der Waals surface area contributed by atoms with Gasteiger partial charge in [0.05, 0.1) is 0 Å². The fourth-order valence-electron chi connectivity index (χ4n) is 2.29. The molecule has 0 unspecified atom stereocenters. The Morgan fingerprint density at radius 2 is 1.78 bits per heavy atom. The van der Waals surface area contributed by atoms with Crippen LogP contribution in [0.25, 0.3) is 0 Å². The SMILES string of the molecule is Cc1c(Cl)cccc1NC(=O)[C@H](C)Oc1ccccc1C(C)C. The Hall–Kier alpha value is -2.00. The number of rotatable bonds is 5. The Morgan fingerprint density at radius 1 is 1.09 bits per heavy atom. The Bertz CT molecular complexity index is 698. The number of anilines is 1. The molecule has 4 heteroatoms. The van der Waals surface area contributed by atoms with Gasteiger partial charge in [0.1, 0.15) is 5.75 Å². The van der Waals surface area contributed by atoms with Gasteiger partial charge in [-0.1, -0.05) is 49.7 Å². The number of ether oxygens (including phenoxy) is 1. The summed E-state index contributed by atoms with van der Waals surface area (Å²) in [4.78, 5) is 12.4. The van der Waals surface area contributed by atoms with E-state index in [4.69, 9.17) is 16.3 Å². The highest BCUT2D eigenvalue weighted by molar-refractivity contribution is 6.31. The number of benzene rings is 2. The van der Waals surface area contributed by atoms with E-state index in [9.17, 15) is 4.79 Å². The maximum absolute atomic E-state index is 12.4. The average Bonchev–Trinajstić information content (AvgIpc) is 2.52. The fourth-order valence-corrected chi connectivity index (χ4v) is 2.46. The van der Waals surface area contributed by atoms with Crippen molar-refractivity contribution in [3.05, 3.63) is 58.6 Å². The molecular weight excluding hydrogens is 310 g/mol.